The number of hydrogen-bond donors (Lipinski definition) is 1. The van der Waals surface area contributed by atoms with E-state index in [2.05, 4.69) is 75.7 Å². The molecule has 0 aromatic carbocycles. The van der Waals surface area contributed by atoms with Crippen molar-refractivity contribution in [2.45, 2.75) is 13.3 Å². The van der Waals surface area contributed by atoms with E-state index in [1.54, 1.807) is 0 Å². The second-order valence-electron chi connectivity index (χ2n) is 1.35. The van der Waals surface area contributed by atoms with E-state index in [1.807, 2.05) is 0 Å². The fourth-order valence-electron chi connectivity index (χ4n) is 0. The molecule has 0 fully saturated rings. The van der Waals surface area contributed by atoms with Gasteiger partial charge in [0.25, 0.3) is 0 Å². The van der Waals surface area contributed by atoms with Crippen LogP contribution in [-0.2, 0) is 0 Å². The van der Waals surface area contributed by atoms with E-state index in [1.165, 1.54) is 6.42 Å². The van der Waals surface area contributed by atoms with Crippen molar-refractivity contribution in [2.75, 3.05) is 6.54 Å². The van der Waals surface area contributed by atoms with Crippen LogP contribution in [0.2, 0.25) is 0 Å². The summed E-state index contributed by atoms with van der Waals surface area (Å²) in [5.74, 6) is 0. The molecule has 0 aliphatic carbocycles. The lowest BCUT2D eigenvalue weighted by Crippen LogP contribution is -2.49. The summed E-state index contributed by atoms with van der Waals surface area (Å²) in [5, 5.41) is 0. The van der Waals surface area contributed by atoms with Gasteiger partial charge in [-0.25, -0.2) is 0 Å². The lowest BCUT2D eigenvalue weighted by molar-refractivity contribution is -0.367. The van der Waals surface area contributed by atoms with Crippen LogP contribution in [0, 0.1) is 0 Å². The van der Waals surface area contributed by atoms with Gasteiger partial charge in [0.2, 0.25) is 1.44 Å². The van der Waals surface area contributed by atoms with E-state index >= 15 is 0 Å². The van der Waals surface area contributed by atoms with Crippen molar-refractivity contribution in [3.8, 4) is 0 Å². The van der Waals surface area contributed by atoms with E-state index in [0.29, 0.717) is 0 Å². The standard InChI is InChI=1S/C3H9N.BBr4/c1-2-3-4;2-1(3,4)5/h2-4H2,1H3;/q;-1/p+1. The van der Waals surface area contributed by atoms with Gasteiger partial charge in [0.05, 0.1) is 6.54 Å². The minimum atomic E-state index is -0.750. The summed E-state index contributed by atoms with van der Waals surface area (Å²) in [6.45, 7) is 3.19. The topological polar surface area (TPSA) is 27.6 Å². The Morgan fingerprint density at radius 3 is 1.33 bits per heavy atom. The van der Waals surface area contributed by atoms with Crippen LogP contribution in [-0.4, -0.2) is 7.99 Å². The smallest absolute Gasteiger partial charge is 0.246 e. The molecule has 0 aliphatic heterocycles. The Balaban J connectivity index is 0. The molecule has 0 radical (unpaired) electrons. The zero-order valence-electron chi connectivity index (χ0n) is 5.21. The van der Waals surface area contributed by atoms with Crippen molar-refractivity contribution in [2.24, 2.45) is 0 Å². The first-order valence-electron chi connectivity index (χ1n) is 2.58. The summed E-state index contributed by atoms with van der Waals surface area (Å²) >= 11 is 12.8. The number of quaternary nitrogens is 1. The molecular formula is C3H10BBr4N. The maximum Gasteiger partial charge on any atom is 0.246 e. The zero-order chi connectivity index (χ0) is 7.91. The fraction of sp³-hybridized carbons (Fsp3) is 1.00. The second kappa shape index (κ2) is 8.05. The molecule has 0 heterocycles. The average molecular weight is 391 g/mol. The predicted molar refractivity (Wildman–Crippen MR) is 59.5 cm³/mol. The van der Waals surface area contributed by atoms with Gasteiger partial charge in [-0.05, 0) is 6.42 Å². The molecule has 3 N–H and O–H groups in total. The Labute approximate surface area is 89.3 Å². The maximum absolute atomic E-state index is 3.60. The lowest BCUT2D eigenvalue weighted by Gasteiger charge is -2.05. The second-order valence-corrected chi connectivity index (χ2v) is 14.2. The van der Waals surface area contributed by atoms with Crippen molar-refractivity contribution >= 4 is 64.5 Å². The Hall–Kier alpha value is 1.94. The molecule has 0 aromatic rings. The summed E-state index contributed by atoms with van der Waals surface area (Å²) in [7, 11) is 0. The van der Waals surface area contributed by atoms with Gasteiger partial charge < -0.3 is 68.8 Å². The largest absolute Gasteiger partial charge is 0.358 e. The Kier molecular flexibility index (Phi) is 12.1. The van der Waals surface area contributed by atoms with Crippen LogP contribution in [0.3, 0.4) is 0 Å². The highest BCUT2D eigenvalue weighted by molar-refractivity contribution is 9.90. The predicted octanol–water partition coefficient (Wildman–Crippen LogP) is 2.64. The van der Waals surface area contributed by atoms with Crippen LogP contribution < -0.4 is 5.73 Å². The van der Waals surface area contributed by atoms with Crippen molar-refractivity contribution in [3.63, 3.8) is 0 Å². The third kappa shape index (κ3) is 72.4. The third-order valence-electron chi connectivity index (χ3n) is 0.354. The number of halogens is 4. The van der Waals surface area contributed by atoms with E-state index in [9.17, 15) is 0 Å². The van der Waals surface area contributed by atoms with Gasteiger partial charge >= 0.3 is 0 Å². The summed E-state index contributed by atoms with van der Waals surface area (Å²) in [6, 6.07) is 0. The highest BCUT2D eigenvalue weighted by Gasteiger charge is 1.99. The Morgan fingerprint density at radius 2 is 1.33 bits per heavy atom. The van der Waals surface area contributed by atoms with E-state index in [-0.39, 0.29) is 0 Å². The van der Waals surface area contributed by atoms with E-state index in [0.717, 1.165) is 6.54 Å². The fourth-order valence-corrected chi connectivity index (χ4v) is 0. The van der Waals surface area contributed by atoms with Crippen LogP contribution in [0.25, 0.3) is 0 Å². The van der Waals surface area contributed by atoms with Gasteiger partial charge in [-0.1, -0.05) is 6.92 Å². The first-order chi connectivity index (χ1) is 3.91. The van der Waals surface area contributed by atoms with Gasteiger partial charge in [-0.3, -0.25) is 0 Å². The zero-order valence-corrected chi connectivity index (χ0v) is 11.6. The summed E-state index contributed by atoms with van der Waals surface area (Å²) in [5.41, 5.74) is 3.60. The molecule has 0 aliphatic rings. The van der Waals surface area contributed by atoms with Gasteiger partial charge in [0, 0.05) is 0 Å². The number of hydrogen-bond acceptors (Lipinski definition) is 0. The number of rotatable bonds is 1. The van der Waals surface area contributed by atoms with Crippen molar-refractivity contribution in [1.82, 2.24) is 0 Å². The normalized spacial score (nSPS) is 10.0. The maximum atomic E-state index is 3.60. The summed E-state index contributed by atoms with van der Waals surface area (Å²) in [4.78, 5) is 0. The van der Waals surface area contributed by atoms with Crippen molar-refractivity contribution in [1.29, 1.82) is 0 Å². The molecule has 0 saturated carbocycles. The molecule has 0 unspecified atom stereocenters. The van der Waals surface area contributed by atoms with E-state index < -0.39 is 1.44 Å². The lowest BCUT2D eigenvalue weighted by atomic mass is 10.5. The van der Waals surface area contributed by atoms with Gasteiger partial charge in [-0.15, -0.1) is 0 Å². The third-order valence-corrected chi connectivity index (χ3v) is 0.354. The summed E-state index contributed by atoms with van der Waals surface area (Å²) in [6.07, 6.45) is 1.21. The molecular weight excluding hydrogens is 380 g/mol. The molecule has 0 rings (SSSR count). The average Bonchev–Trinajstić information content (AvgIpc) is 1.61. The molecule has 1 nitrogen and oxygen atoms in total. The highest BCUT2D eigenvalue weighted by atomic mass is 80.0. The van der Waals surface area contributed by atoms with Gasteiger partial charge in [0.15, 0.2) is 0 Å². The minimum absolute atomic E-state index is 0.750. The molecule has 9 heavy (non-hydrogen) atoms. The summed E-state index contributed by atoms with van der Waals surface area (Å²) < 4.78 is -0.750. The molecule has 58 valence electrons. The first kappa shape index (κ1) is 13.5. The van der Waals surface area contributed by atoms with Crippen LogP contribution in [0.5, 0.6) is 0 Å². The van der Waals surface area contributed by atoms with Crippen LogP contribution in [0.1, 0.15) is 13.3 Å². The Bertz CT molecular complexity index is 46.3. The molecule has 6 heteroatoms. The van der Waals surface area contributed by atoms with Crippen LogP contribution >= 0.6 is 63.0 Å². The van der Waals surface area contributed by atoms with Crippen molar-refractivity contribution in [3.05, 3.63) is 0 Å². The van der Waals surface area contributed by atoms with Gasteiger partial charge in [0.1, 0.15) is 0 Å². The van der Waals surface area contributed by atoms with E-state index in [4.69, 9.17) is 0 Å². The SMILES string of the molecule is Br[B-](Br)(Br)Br.CCC[NH3+]. The molecule has 0 amide bonds. The van der Waals surface area contributed by atoms with Crippen LogP contribution in [0.15, 0.2) is 0 Å². The van der Waals surface area contributed by atoms with Crippen molar-refractivity contribution < 1.29 is 5.73 Å². The molecule has 0 spiro atoms. The molecule has 0 saturated heterocycles. The van der Waals surface area contributed by atoms with Crippen LogP contribution in [0.4, 0.5) is 0 Å². The first-order valence-corrected chi connectivity index (χ1v) is 6.24. The van der Waals surface area contributed by atoms with Gasteiger partial charge in [-0.2, -0.15) is 0 Å². The molecule has 0 bridgehead atoms. The minimum Gasteiger partial charge on any atom is -0.358 e. The monoisotopic (exact) mass is 387 g/mol. The molecule has 0 aromatic heterocycles. The molecule has 0 atom stereocenters. The quantitative estimate of drug-likeness (QED) is 0.667. The highest BCUT2D eigenvalue weighted by Crippen LogP contribution is 2.33. The Morgan fingerprint density at radius 1 is 1.22 bits per heavy atom.